The number of hydrogen-bond donors (Lipinski definition) is 2. The molecule has 0 saturated carbocycles. The molecule has 6 nitrogen and oxygen atoms in total. The molecular weight excluding hydrogens is 326 g/mol. The summed E-state index contributed by atoms with van der Waals surface area (Å²) in [5.41, 5.74) is 2.01. The summed E-state index contributed by atoms with van der Waals surface area (Å²) >= 11 is 0. The largest absolute Gasteiger partial charge is 0.491 e. The molecule has 2 aliphatic rings. The van der Waals surface area contributed by atoms with Gasteiger partial charge in [-0.1, -0.05) is 6.08 Å². The van der Waals surface area contributed by atoms with Crippen molar-refractivity contribution >= 4 is 11.5 Å². The Balaban J connectivity index is 1.53. The van der Waals surface area contributed by atoms with Gasteiger partial charge in [-0.3, -0.25) is 4.99 Å². The molecule has 4 rings (SSSR count). The van der Waals surface area contributed by atoms with Crippen LogP contribution in [0.25, 0.3) is 5.65 Å². The Bertz CT molecular complexity index is 817. The van der Waals surface area contributed by atoms with Crippen molar-refractivity contribution in [3.8, 4) is 5.75 Å². The third-order valence-corrected chi connectivity index (χ3v) is 4.81. The van der Waals surface area contributed by atoms with Crippen molar-refractivity contribution < 1.29 is 4.74 Å². The number of nitrogens with zero attached hydrogens (tertiary/aromatic N) is 3. The van der Waals surface area contributed by atoms with Crippen LogP contribution in [0.4, 0.5) is 0 Å². The lowest BCUT2D eigenvalue weighted by Gasteiger charge is -2.26. The second-order valence-corrected chi connectivity index (χ2v) is 7.30. The van der Waals surface area contributed by atoms with Crippen molar-refractivity contribution in [1.82, 2.24) is 20.0 Å². The standard InChI is InChI=1S/C20H27N5O/c1-14(2)26-16-8-10-25-18(13-22-20(25)11-16)17-6-3-7-19(24-17)23-15-5-4-9-21-12-15/h3,7-8,10-11,13-15,17,21H,4-6,9,12H2,1-2H3,(H,23,24). The fourth-order valence-corrected chi connectivity index (χ4v) is 3.60. The second kappa shape index (κ2) is 7.50. The Morgan fingerprint density at radius 3 is 3.12 bits per heavy atom. The lowest BCUT2D eigenvalue weighted by molar-refractivity contribution is 0.242. The molecule has 0 aromatic carbocycles. The highest BCUT2D eigenvalue weighted by atomic mass is 16.5. The second-order valence-electron chi connectivity index (χ2n) is 7.30. The number of pyridine rings is 1. The van der Waals surface area contributed by atoms with Crippen molar-refractivity contribution in [1.29, 1.82) is 0 Å². The summed E-state index contributed by atoms with van der Waals surface area (Å²) in [6.07, 6.45) is 11.7. The predicted octanol–water partition coefficient (Wildman–Crippen LogP) is 2.86. The van der Waals surface area contributed by atoms with E-state index in [1.54, 1.807) is 0 Å². The van der Waals surface area contributed by atoms with Crippen molar-refractivity contribution in [2.75, 3.05) is 13.1 Å². The van der Waals surface area contributed by atoms with Crippen molar-refractivity contribution in [3.05, 3.63) is 42.4 Å². The average molecular weight is 353 g/mol. The third kappa shape index (κ3) is 3.75. The van der Waals surface area contributed by atoms with Gasteiger partial charge in [-0.2, -0.15) is 0 Å². The van der Waals surface area contributed by atoms with E-state index >= 15 is 0 Å². The molecule has 2 N–H and O–H groups in total. The molecule has 138 valence electrons. The van der Waals surface area contributed by atoms with Crippen molar-refractivity contribution in [2.45, 2.75) is 51.3 Å². The van der Waals surface area contributed by atoms with Gasteiger partial charge in [0.25, 0.3) is 0 Å². The van der Waals surface area contributed by atoms with E-state index < -0.39 is 0 Å². The highest BCUT2D eigenvalue weighted by molar-refractivity contribution is 5.94. The van der Waals surface area contributed by atoms with Gasteiger partial charge in [0.1, 0.15) is 17.2 Å². The number of rotatable bonds is 4. The van der Waals surface area contributed by atoms with Gasteiger partial charge in [-0.25, -0.2) is 4.98 Å². The van der Waals surface area contributed by atoms with Crippen molar-refractivity contribution in [3.63, 3.8) is 0 Å². The van der Waals surface area contributed by atoms with Crippen LogP contribution in [0.2, 0.25) is 0 Å². The molecular formula is C20H27N5O. The maximum Gasteiger partial charge on any atom is 0.140 e. The van der Waals surface area contributed by atoms with Gasteiger partial charge in [-0.15, -0.1) is 0 Å². The first-order valence-corrected chi connectivity index (χ1v) is 9.54. The molecule has 6 heteroatoms. The molecule has 2 unspecified atom stereocenters. The Hall–Kier alpha value is -2.34. The number of hydrogen-bond acceptors (Lipinski definition) is 5. The lowest BCUT2D eigenvalue weighted by atomic mass is 10.1. The molecule has 2 atom stereocenters. The zero-order valence-electron chi connectivity index (χ0n) is 15.5. The van der Waals surface area contributed by atoms with Gasteiger partial charge < -0.3 is 19.8 Å². The molecule has 2 aliphatic heterocycles. The van der Waals surface area contributed by atoms with Gasteiger partial charge in [0.2, 0.25) is 0 Å². The fraction of sp³-hybridized carbons (Fsp3) is 0.500. The topological polar surface area (TPSA) is 63.0 Å². The minimum atomic E-state index is 0.0888. The predicted molar refractivity (Wildman–Crippen MR) is 104 cm³/mol. The third-order valence-electron chi connectivity index (χ3n) is 4.81. The molecule has 4 heterocycles. The van der Waals surface area contributed by atoms with E-state index in [-0.39, 0.29) is 12.1 Å². The van der Waals surface area contributed by atoms with Crippen LogP contribution < -0.4 is 15.4 Å². The normalized spacial score (nSPS) is 23.3. The summed E-state index contributed by atoms with van der Waals surface area (Å²) in [7, 11) is 0. The van der Waals surface area contributed by atoms with Crippen LogP contribution in [0, 0.1) is 0 Å². The molecule has 0 amide bonds. The minimum Gasteiger partial charge on any atom is -0.491 e. The maximum absolute atomic E-state index is 5.77. The molecule has 1 saturated heterocycles. The number of nitrogens with one attached hydrogen (secondary N) is 2. The average Bonchev–Trinajstić information content (AvgIpc) is 3.05. The van der Waals surface area contributed by atoms with Crippen LogP contribution in [0.1, 0.15) is 44.8 Å². The summed E-state index contributed by atoms with van der Waals surface area (Å²) < 4.78 is 7.88. The van der Waals surface area contributed by atoms with Gasteiger partial charge >= 0.3 is 0 Å². The van der Waals surface area contributed by atoms with Crippen LogP contribution in [-0.4, -0.2) is 40.5 Å². The highest BCUT2D eigenvalue weighted by Gasteiger charge is 2.20. The number of fused-ring (bicyclic) bond motifs is 1. The van der Waals surface area contributed by atoms with Crippen LogP contribution in [0.5, 0.6) is 5.75 Å². The molecule has 0 radical (unpaired) electrons. The molecule has 26 heavy (non-hydrogen) atoms. The molecule has 0 spiro atoms. The van der Waals surface area contributed by atoms with Crippen LogP contribution in [0.3, 0.4) is 0 Å². The van der Waals surface area contributed by atoms with E-state index in [9.17, 15) is 0 Å². The Kier molecular flexibility index (Phi) is 4.93. The summed E-state index contributed by atoms with van der Waals surface area (Å²) in [4.78, 5) is 9.50. The van der Waals surface area contributed by atoms with E-state index in [1.165, 1.54) is 12.8 Å². The van der Waals surface area contributed by atoms with E-state index in [1.807, 2.05) is 38.4 Å². The summed E-state index contributed by atoms with van der Waals surface area (Å²) in [5, 5.41) is 7.02. The molecule has 2 aromatic heterocycles. The number of aromatic nitrogens is 2. The quantitative estimate of drug-likeness (QED) is 0.887. The highest BCUT2D eigenvalue weighted by Crippen LogP contribution is 2.27. The zero-order valence-corrected chi connectivity index (χ0v) is 15.5. The summed E-state index contributed by atoms with van der Waals surface area (Å²) in [5.74, 6) is 1.83. The first kappa shape index (κ1) is 17.1. The van der Waals surface area contributed by atoms with Gasteiger partial charge in [-0.05, 0) is 51.8 Å². The number of aliphatic imine (C=N–C) groups is 1. The zero-order chi connectivity index (χ0) is 17.9. The van der Waals surface area contributed by atoms with Gasteiger partial charge in [0.15, 0.2) is 0 Å². The Labute approximate surface area is 154 Å². The lowest BCUT2D eigenvalue weighted by Crippen LogP contribution is -2.45. The Morgan fingerprint density at radius 1 is 1.38 bits per heavy atom. The number of imidazole rings is 1. The number of dihydropyridines is 1. The number of ether oxygens (including phenoxy) is 1. The van der Waals surface area contributed by atoms with Gasteiger partial charge in [0.05, 0.1) is 24.0 Å². The summed E-state index contributed by atoms with van der Waals surface area (Å²) in [6, 6.07) is 4.53. The first-order chi connectivity index (χ1) is 12.7. The Morgan fingerprint density at radius 2 is 2.31 bits per heavy atom. The summed E-state index contributed by atoms with van der Waals surface area (Å²) in [6.45, 7) is 6.18. The molecule has 2 aromatic rings. The maximum atomic E-state index is 5.77. The monoisotopic (exact) mass is 353 g/mol. The molecule has 0 bridgehead atoms. The smallest absolute Gasteiger partial charge is 0.140 e. The van der Waals surface area contributed by atoms with E-state index in [0.717, 1.165) is 42.4 Å². The minimum absolute atomic E-state index is 0.0888. The molecule has 1 fully saturated rings. The number of amidine groups is 1. The SMILES string of the molecule is CC(C)Oc1ccn2c(C3CC=CC(NC4CCCNC4)=N3)cnc2c1. The van der Waals surface area contributed by atoms with E-state index in [2.05, 4.69) is 32.2 Å². The van der Waals surface area contributed by atoms with Gasteiger partial charge in [0, 0.05) is 24.8 Å². The fourth-order valence-electron chi connectivity index (χ4n) is 3.60. The molecule has 0 aliphatic carbocycles. The van der Waals surface area contributed by atoms with Crippen LogP contribution in [0.15, 0.2) is 41.7 Å². The first-order valence-electron chi connectivity index (χ1n) is 9.54. The number of piperidine rings is 1. The van der Waals surface area contributed by atoms with Crippen LogP contribution >= 0.6 is 0 Å². The van der Waals surface area contributed by atoms with E-state index in [4.69, 9.17) is 9.73 Å². The van der Waals surface area contributed by atoms with Crippen LogP contribution in [-0.2, 0) is 0 Å². The van der Waals surface area contributed by atoms with E-state index in [0.29, 0.717) is 6.04 Å². The van der Waals surface area contributed by atoms with Crippen molar-refractivity contribution in [2.24, 2.45) is 4.99 Å².